The van der Waals surface area contributed by atoms with E-state index in [1.165, 1.54) is 7.11 Å². The van der Waals surface area contributed by atoms with Crippen LogP contribution in [0.25, 0.3) is 0 Å². The first-order valence-electron chi connectivity index (χ1n) is 3.97. The summed E-state index contributed by atoms with van der Waals surface area (Å²) in [6.07, 6.45) is 0. The standard InChI is InChI=1S/C10H10N2O2/c1-13-9-5-3-8(4-6-9)10(7-11)12-14-2/h3-6H,1-2H3/b12-10+. The SMILES string of the molecule is CO/N=C(\C#N)c1ccc(OC)cc1. The second-order valence-corrected chi connectivity index (χ2v) is 2.46. The fraction of sp³-hybridized carbons (Fsp3) is 0.200. The molecular weight excluding hydrogens is 180 g/mol. The zero-order valence-corrected chi connectivity index (χ0v) is 8.02. The Labute approximate surface area is 82.4 Å². The number of hydrogen-bond donors (Lipinski definition) is 0. The summed E-state index contributed by atoms with van der Waals surface area (Å²) >= 11 is 0. The van der Waals surface area contributed by atoms with E-state index < -0.39 is 0 Å². The topological polar surface area (TPSA) is 54.6 Å². The van der Waals surface area contributed by atoms with Crippen LogP contribution < -0.4 is 4.74 Å². The molecule has 0 aliphatic rings. The first kappa shape index (κ1) is 10.1. The van der Waals surface area contributed by atoms with Crippen molar-refractivity contribution >= 4 is 5.71 Å². The first-order chi connectivity index (χ1) is 6.81. The number of nitrogens with zero attached hydrogens (tertiary/aromatic N) is 2. The summed E-state index contributed by atoms with van der Waals surface area (Å²) in [5, 5.41) is 12.3. The summed E-state index contributed by atoms with van der Waals surface area (Å²) < 4.78 is 4.99. The van der Waals surface area contributed by atoms with E-state index in [0.717, 1.165) is 5.75 Å². The van der Waals surface area contributed by atoms with E-state index in [1.54, 1.807) is 31.4 Å². The number of nitriles is 1. The Balaban J connectivity index is 2.97. The third-order valence-electron chi connectivity index (χ3n) is 1.65. The highest BCUT2D eigenvalue weighted by atomic mass is 16.6. The van der Waals surface area contributed by atoms with Crippen molar-refractivity contribution in [3.05, 3.63) is 29.8 Å². The molecule has 1 aromatic carbocycles. The van der Waals surface area contributed by atoms with Crippen molar-refractivity contribution in [1.29, 1.82) is 5.26 Å². The Morgan fingerprint density at radius 3 is 2.36 bits per heavy atom. The van der Waals surface area contributed by atoms with Crippen LogP contribution in [-0.2, 0) is 4.84 Å². The van der Waals surface area contributed by atoms with Gasteiger partial charge in [0.1, 0.15) is 18.9 Å². The van der Waals surface area contributed by atoms with Gasteiger partial charge < -0.3 is 9.57 Å². The molecule has 0 aliphatic carbocycles. The lowest BCUT2D eigenvalue weighted by molar-refractivity contribution is 0.214. The fourth-order valence-electron chi connectivity index (χ4n) is 0.978. The molecule has 0 atom stereocenters. The van der Waals surface area contributed by atoms with Gasteiger partial charge in [-0.3, -0.25) is 0 Å². The van der Waals surface area contributed by atoms with Crippen LogP contribution in [0, 0.1) is 11.3 Å². The summed E-state index contributed by atoms with van der Waals surface area (Å²) in [7, 11) is 2.99. The largest absolute Gasteiger partial charge is 0.497 e. The van der Waals surface area contributed by atoms with Crippen molar-refractivity contribution in [1.82, 2.24) is 0 Å². The van der Waals surface area contributed by atoms with Gasteiger partial charge in [-0.05, 0) is 24.3 Å². The molecule has 0 unspecified atom stereocenters. The van der Waals surface area contributed by atoms with Gasteiger partial charge >= 0.3 is 0 Å². The maximum absolute atomic E-state index is 8.75. The molecule has 1 rings (SSSR count). The van der Waals surface area contributed by atoms with Gasteiger partial charge in [0, 0.05) is 5.56 Å². The molecule has 0 saturated heterocycles. The van der Waals surface area contributed by atoms with Gasteiger partial charge in [0.2, 0.25) is 0 Å². The molecule has 4 heteroatoms. The molecule has 0 N–H and O–H groups in total. The summed E-state index contributed by atoms with van der Waals surface area (Å²) in [5.41, 5.74) is 0.949. The van der Waals surface area contributed by atoms with E-state index in [9.17, 15) is 0 Å². The Kier molecular flexibility index (Phi) is 3.50. The summed E-state index contributed by atoms with van der Waals surface area (Å²) in [4.78, 5) is 4.54. The van der Waals surface area contributed by atoms with Crippen LogP contribution in [0.3, 0.4) is 0 Å². The van der Waals surface area contributed by atoms with Gasteiger partial charge in [-0.25, -0.2) is 0 Å². The maximum Gasteiger partial charge on any atom is 0.186 e. The van der Waals surface area contributed by atoms with Crippen LogP contribution in [0.2, 0.25) is 0 Å². The molecule has 0 fully saturated rings. The number of oxime groups is 1. The number of methoxy groups -OCH3 is 1. The van der Waals surface area contributed by atoms with Crippen LogP contribution in [0.4, 0.5) is 0 Å². The van der Waals surface area contributed by atoms with Crippen LogP contribution in [0.5, 0.6) is 5.75 Å². The van der Waals surface area contributed by atoms with Crippen LogP contribution in [0.15, 0.2) is 29.4 Å². The first-order valence-corrected chi connectivity index (χ1v) is 3.97. The third-order valence-corrected chi connectivity index (χ3v) is 1.65. The van der Waals surface area contributed by atoms with Crippen molar-refractivity contribution in [2.75, 3.05) is 14.2 Å². The van der Waals surface area contributed by atoms with Crippen molar-refractivity contribution in [2.24, 2.45) is 5.16 Å². The van der Waals surface area contributed by atoms with Gasteiger partial charge in [0.05, 0.1) is 7.11 Å². The van der Waals surface area contributed by atoms with Gasteiger partial charge in [-0.15, -0.1) is 0 Å². The molecule has 0 heterocycles. The van der Waals surface area contributed by atoms with E-state index in [4.69, 9.17) is 10.00 Å². The molecule has 0 aliphatic heterocycles. The molecule has 0 aromatic heterocycles. The summed E-state index contributed by atoms with van der Waals surface area (Å²) in [5.74, 6) is 0.739. The minimum absolute atomic E-state index is 0.246. The molecular formula is C10H10N2O2. The molecule has 0 amide bonds. The van der Waals surface area contributed by atoms with Gasteiger partial charge in [-0.1, -0.05) is 5.16 Å². The molecule has 0 radical (unpaired) electrons. The van der Waals surface area contributed by atoms with Crippen molar-refractivity contribution in [3.8, 4) is 11.8 Å². The molecule has 4 nitrogen and oxygen atoms in total. The minimum atomic E-state index is 0.246. The lowest BCUT2D eigenvalue weighted by Crippen LogP contribution is -1.97. The predicted molar refractivity (Wildman–Crippen MR) is 52.2 cm³/mol. The summed E-state index contributed by atoms with van der Waals surface area (Å²) in [6, 6.07) is 8.96. The minimum Gasteiger partial charge on any atom is -0.497 e. The molecule has 72 valence electrons. The molecule has 0 spiro atoms. The third kappa shape index (κ3) is 2.23. The highest BCUT2D eigenvalue weighted by Crippen LogP contribution is 2.11. The van der Waals surface area contributed by atoms with Crippen molar-refractivity contribution in [3.63, 3.8) is 0 Å². The van der Waals surface area contributed by atoms with Gasteiger partial charge in [0.15, 0.2) is 5.71 Å². The maximum atomic E-state index is 8.75. The zero-order valence-electron chi connectivity index (χ0n) is 8.02. The second-order valence-electron chi connectivity index (χ2n) is 2.46. The van der Waals surface area contributed by atoms with Crippen LogP contribution in [-0.4, -0.2) is 19.9 Å². The number of rotatable bonds is 3. The summed E-state index contributed by atoms with van der Waals surface area (Å²) in [6.45, 7) is 0. The Morgan fingerprint density at radius 2 is 1.93 bits per heavy atom. The van der Waals surface area contributed by atoms with Crippen molar-refractivity contribution in [2.45, 2.75) is 0 Å². The lowest BCUT2D eigenvalue weighted by Gasteiger charge is -2.00. The highest BCUT2D eigenvalue weighted by molar-refractivity contribution is 6.11. The average molecular weight is 190 g/mol. The van der Waals surface area contributed by atoms with Crippen molar-refractivity contribution < 1.29 is 9.57 Å². The Bertz CT molecular complexity index is 363. The quantitative estimate of drug-likeness (QED) is 0.537. The van der Waals surface area contributed by atoms with E-state index in [-0.39, 0.29) is 5.71 Å². The number of hydrogen-bond acceptors (Lipinski definition) is 4. The van der Waals surface area contributed by atoms with Crippen LogP contribution >= 0.6 is 0 Å². The van der Waals surface area contributed by atoms with Crippen LogP contribution in [0.1, 0.15) is 5.56 Å². The average Bonchev–Trinajstić information content (AvgIpc) is 2.26. The predicted octanol–water partition coefficient (Wildman–Crippen LogP) is 1.57. The van der Waals surface area contributed by atoms with E-state index >= 15 is 0 Å². The normalized spacial score (nSPS) is 10.5. The van der Waals surface area contributed by atoms with E-state index in [2.05, 4.69) is 9.99 Å². The number of benzene rings is 1. The zero-order chi connectivity index (χ0) is 10.4. The Morgan fingerprint density at radius 1 is 1.29 bits per heavy atom. The molecule has 0 bridgehead atoms. The Hall–Kier alpha value is -2.02. The second kappa shape index (κ2) is 4.87. The van der Waals surface area contributed by atoms with E-state index in [1.807, 2.05) is 6.07 Å². The molecule has 0 saturated carbocycles. The van der Waals surface area contributed by atoms with Gasteiger partial charge in [0.25, 0.3) is 0 Å². The lowest BCUT2D eigenvalue weighted by atomic mass is 10.1. The molecule has 1 aromatic rings. The van der Waals surface area contributed by atoms with Gasteiger partial charge in [-0.2, -0.15) is 5.26 Å². The van der Waals surface area contributed by atoms with E-state index in [0.29, 0.717) is 5.56 Å². The highest BCUT2D eigenvalue weighted by Gasteiger charge is 2.02. The number of ether oxygens (including phenoxy) is 1. The fourth-order valence-corrected chi connectivity index (χ4v) is 0.978. The monoisotopic (exact) mass is 190 g/mol. The smallest absolute Gasteiger partial charge is 0.186 e. The molecule has 14 heavy (non-hydrogen) atoms.